The summed E-state index contributed by atoms with van der Waals surface area (Å²) in [6.45, 7) is 11.2. The van der Waals surface area contributed by atoms with Gasteiger partial charge in [0.1, 0.15) is 23.3 Å². The summed E-state index contributed by atoms with van der Waals surface area (Å²) in [7, 11) is 3.80. The molecule has 0 fully saturated rings. The number of carbonyl (C=O) groups excluding carboxylic acids is 1. The van der Waals surface area contributed by atoms with Crippen molar-refractivity contribution in [3.63, 3.8) is 0 Å². The van der Waals surface area contributed by atoms with Crippen LogP contribution in [0.2, 0.25) is 5.02 Å². The zero-order valence-corrected chi connectivity index (χ0v) is 34.3. The van der Waals surface area contributed by atoms with E-state index in [1.54, 1.807) is 15.9 Å². The second kappa shape index (κ2) is 14.4. The Labute approximate surface area is 335 Å². The van der Waals surface area contributed by atoms with Gasteiger partial charge in [0.25, 0.3) is 5.91 Å². The van der Waals surface area contributed by atoms with E-state index in [0.29, 0.717) is 49.1 Å². The van der Waals surface area contributed by atoms with E-state index in [9.17, 15) is 0 Å². The molecule has 5 heterocycles. The van der Waals surface area contributed by atoms with Crippen molar-refractivity contribution in [2.45, 2.75) is 65.5 Å². The lowest BCUT2D eigenvalue weighted by Crippen LogP contribution is -2.47. The molecule has 0 bridgehead atoms. The van der Waals surface area contributed by atoms with Gasteiger partial charge in [-0.05, 0) is 94.5 Å². The molecule has 7 aromatic rings. The van der Waals surface area contributed by atoms with E-state index in [-0.39, 0.29) is 11.9 Å². The van der Waals surface area contributed by atoms with Gasteiger partial charge in [0.05, 0.1) is 35.1 Å². The molecule has 0 spiro atoms. The number of hydrogen-bond acceptors (Lipinski definition) is 5. The van der Waals surface area contributed by atoms with Crippen molar-refractivity contribution in [2.24, 2.45) is 14.1 Å². The van der Waals surface area contributed by atoms with Crippen LogP contribution in [0.1, 0.15) is 58.0 Å². The van der Waals surface area contributed by atoms with Gasteiger partial charge in [0.15, 0.2) is 5.82 Å². The van der Waals surface area contributed by atoms with Gasteiger partial charge in [-0.25, -0.2) is 4.98 Å². The number of para-hydroxylation sites is 1. The van der Waals surface area contributed by atoms with E-state index in [2.05, 4.69) is 51.3 Å². The Morgan fingerprint density at radius 3 is 2.40 bits per heavy atom. The first-order valence-corrected chi connectivity index (χ1v) is 19.8. The van der Waals surface area contributed by atoms with Gasteiger partial charge in [-0.1, -0.05) is 41.4 Å². The van der Waals surface area contributed by atoms with E-state index in [4.69, 9.17) is 44.6 Å². The zero-order valence-electron chi connectivity index (χ0n) is 32.0. The van der Waals surface area contributed by atoms with Crippen molar-refractivity contribution in [3.05, 3.63) is 99.8 Å². The number of aromatic nitrogens is 7. The van der Waals surface area contributed by atoms with Gasteiger partial charge in [-0.15, -0.1) is 11.6 Å². The Morgan fingerprint density at radius 1 is 0.964 bits per heavy atom. The monoisotopic (exact) mass is 796 g/mol. The lowest BCUT2D eigenvalue weighted by atomic mass is 9.98. The van der Waals surface area contributed by atoms with E-state index in [1.165, 1.54) is 0 Å². The van der Waals surface area contributed by atoms with Crippen LogP contribution in [0, 0.1) is 27.7 Å². The van der Waals surface area contributed by atoms with Crippen LogP contribution in [-0.2, 0) is 27.1 Å². The molecule has 1 unspecified atom stereocenters. The quantitative estimate of drug-likeness (QED) is 0.0782. The zero-order chi connectivity index (χ0) is 38.9. The fourth-order valence-corrected chi connectivity index (χ4v) is 8.88. The largest absolute Gasteiger partial charge is 0.494 e. The van der Waals surface area contributed by atoms with Gasteiger partial charge in [0, 0.05) is 70.9 Å². The fourth-order valence-electron chi connectivity index (χ4n) is 8.28. The lowest BCUT2D eigenvalue weighted by Gasteiger charge is -2.38. The molecule has 0 saturated carbocycles. The third kappa shape index (κ3) is 6.19. The molecule has 0 radical (unpaired) electrons. The first-order chi connectivity index (χ1) is 26.4. The van der Waals surface area contributed by atoms with Crippen molar-refractivity contribution < 1.29 is 9.53 Å². The molecular weight excluding hydrogens is 755 g/mol. The molecule has 2 atom stereocenters. The molecule has 0 saturated heterocycles. The second-order valence-corrected chi connectivity index (χ2v) is 15.8. The molecule has 284 valence electrons. The summed E-state index contributed by atoms with van der Waals surface area (Å²) < 4.78 is 14.1. The van der Waals surface area contributed by atoms with E-state index in [0.717, 1.165) is 77.3 Å². The molecule has 55 heavy (non-hydrogen) atoms. The van der Waals surface area contributed by atoms with E-state index in [1.807, 2.05) is 76.1 Å². The third-order valence-corrected chi connectivity index (χ3v) is 12.3. The van der Waals surface area contributed by atoms with Crippen molar-refractivity contribution in [1.29, 1.82) is 0 Å². The normalized spacial score (nSPS) is 15.8. The molecule has 3 aromatic carbocycles. The lowest BCUT2D eigenvalue weighted by molar-refractivity contribution is 0.0951. The molecule has 0 aliphatic carbocycles. The molecular formula is C42H43Cl3N8O2. The molecule has 8 rings (SSSR count). The minimum atomic E-state index is -0.709. The summed E-state index contributed by atoms with van der Waals surface area (Å²) in [6, 6.07) is 16.0. The number of nitrogens with zero attached hydrogens (tertiary/aromatic N) is 8. The Balaban J connectivity index is 1.28. The molecule has 1 amide bonds. The highest BCUT2D eigenvalue weighted by Gasteiger charge is 2.42. The summed E-state index contributed by atoms with van der Waals surface area (Å²) in [5, 5.41) is 11.9. The average molecular weight is 798 g/mol. The maximum Gasteiger partial charge on any atom is 0.276 e. The number of alkyl halides is 2. The first-order valence-electron chi connectivity index (χ1n) is 18.5. The predicted molar refractivity (Wildman–Crippen MR) is 222 cm³/mol. The fraction of sp³-hybridized carbons (Fsp3) is 0.333. The SMILES string of the molecule is Cc1cc(OCCCc2c3n(c4c(-c5c(C)nn(C)c5C)cccc24)C(C)[C@@H](Cl)N(c2cn(CCCl)c4ccc(-c5ncn(C)n5)cc24)C3=O)cc(C)c1Cl. The highest BCUT2D eigenvalue weighted by atomic mass is 35.5. The molecule has 0 N–H and O–H groups in total. The summed E-state index contributed by atoms with van der Waals surface area (Å²) in [4.78, 5) is 21.6. The van der Waals surface area contributed by atoms with Gasteiger partial charge >= 0.3 is 0 Å². The van der Waals surface area contributed by atoms with Crippen LogP contribution in [-0.4, -0.2) is 57.6 Å². The first kappa shape index (κ1) is 37.2. The Morgan fingerprint density at radius 2 is 1.73 bits per heavy atom. The second-order valence-electron chi connectivity index (χ2n) is 14.6. The third-order valence-electron chi connectivity index (χ3n) is 10.9. The number of benzene rings is 3. The summed E-state index contributed by atoms with van der Waals surface area (Å²) in [5.74, 6) is 1.63. The van der Waals surface area contributed by atoms with Crippen LogP contribution >= 0.6 is 34.8 Å². The number of hydrogen-bond donors (Lipinski definition) is 0. The van der Waals surface area contributed by atoms with Gasteiger partial charge in [-0.2, -0.15) is 10.2 Å². The van der Waals surface area contributed by atoms with Crippen molar-refractivity contribution in [2.75, 3.05) is 17.4 Å². The van der Waals surface area contributed by atoms with Crippen molar-refractivity contribution in [3.8, 4) is 28.3 Å². The summed E-state index contributed by atoms with van der Waals surface area (Å²) >= 11 is 20.3. The summed E-state index contributed by atoms with van der Waals surface area (Å²) in [5.41, 5.74) is 10.4. The predicted octanol–water partition coefficient (Wildman–Crippen LogP) is 9.72. The van der Waals surface area contributed by atoms with Crippen molar-refractivity contribution >= 4 is 68.2 Å². The highest BCUT2D eigenvalue weighted by Crippen LogP contribution is 2.46. The van der Waals surface area contributed by atoms with E-state index < -0.39 is 5.50 Å². The minimum Gasteiger partial charge on any atom is -0.494 e. The topological polar surface area (TPSA) is 87.9 Å². The number of carbonyl (C=O) groups is 1. The van der Waals surface area contributed by atoms with Crippen LogP contribution in [0.5, 0.6) is 5.75 Å². The number of aryl methyl sites for hydroxylation is 7. The van der Waals surface area contributed by atoms with Crippen LogP contribution < -0.4 is 9.64 Å². The number of fused-ring (bicyclic) bond motifs is 4. The number of ether oxygens (including phenoxy) is 1. The van der Waals surface area contributed by atoms with Crippen LogP contribution in [0.15, 0.2) is 61.1 Å². The average Bonchev–Trinajstić information content (AvgIpc) is 3.90. The Kier molecular flexibility index (Phi) is 9.72. The standard InChI is InChI=1S/C42H43Cl3N8O2/c1-23-18-29(19-24(2)37(23)44)55-17-9-12-31-30-10-8-11-32(36-25(3)47-50(7)26(36)4)38(30)52-27(5)40(45)53(42(54)39(31)52)35-21-51(16-15-43)34-14-13-28(20-33(34)35)41-46-22-49(6)48-41/h8,10-11,13-14,18-22,27,40H,9,12,15-17H2,1-7H3/t27?,40-/m0/s1. The maximum atomic E-state index is 15.4. The smallest absolute Gasteiger partial charge is 0.276 e. The molecule has 1 aliphatic rings. The number of amides is 1. The van der Waals surface area contributed by atoms with Gasteiger partial charge < -0.3 is 13.9 Å². The molecule has 10 nitrogen and oxygen atoms in total. The van der Waals surface area contributed by atoms with Crippen LogP contribution in [0.3, 0.4) is 0 Å². The Bertz CT molecular complexity index is 2610. The number of anilines is 1. The highest BCUT2D eigenvalue weighted by molar-refractivity contribution is 6.32. The summed E-state index contributed by atoms with van der Waals surface area (Å²) in [6.07, 6.45) is 4.97. The number of halogens is 3. The minimum absolute atomic E-state index is 0.161. The maximum absolute atomic E-state index is 15.4. The number of rotatable bonds is 10. The van der Waals surface area contributed by atoms with Crippen molar-refractivity contribution in [1.82, 2.24) is 33.7 Å². The molecule has 4 aromatic heterocycles. The van der Waals surface area contributed by atoms with Crippen LogP contribution in [0.25, 0.3) is 44.3 Å². The molecule has 1 aliphatic heterocycles. The Hall–Kier alpha value is -4.77. The van der Waals surface area contributed by atoms with Gasteiger partial charge in [0.2, 0.25) is 0 Å². The van der Waals surface area contributed by atoms with Crippen LogP contribution in [0.4, 0.5) is 5.69 Å². The molecule has 13 heteroatoms. The van der Waals surface area contributed by atoms with E-state index >= 15 is 4.79 Å². The van der Waals surface area contributed by atoms with Gasteiger partial charge in [-0.3, -0.25) is 19.1 Å².